The van der Waals surface area contributed by atoms with Crippen LogP contribution in [0.1, 0.15) is 291 Å². The van der Waals surface area contributed by atoms with Gasteiger partial charge in [0, 0.05) is 19.3 Å². The Morgan fingerprint density at radius 3 is 0.845 bits per heavy atom. The monoisotopic (exact) mass is 821 g/mol. The summed E-state index contributed by atoms with van der Waals surface area (Å²) in [5.41, 5.74) is 0. The summed E-state index contributed by atoms with van der Waals surface area (Å²) in [6, 6.07) is 0. The van der Waals surface area contributed by atoms with Gasteiger partial charge < -0.3 is 14.2 Å². The molecule has 0 N–H and O–H groups in total. The Balaban J connectivity index is 4.30. The van der Waals surface area contributed by atoms with Crippen LogP contribution in [0.5, 0.6) is 0 Å². The van der Waals surface area contributed by atoms with Gasteiger partial charge in [-0.2, -0.15) is 0 Å². The molecule has 0 radical (unpaired) electrons. The van der Waals surface area contributed by atoms with Gasteiger partial charge in [-0.15, -0.1) is 0 Å². The molecule has 0 unspecified atom stereocenters. The Labute approximate surface area is 361 Å². The summed E-state index contributed by atoms with van der Waals surface area (Å²) < 4.78 is 16.8. The first kappa shape index (κ1) is 56.4. The number of esters is 3. The molecule has 6 nitrogen and oxygen atoms in total. The van der Waals surface area contributed by atoms with Crippen LogP contribution in [0.15, 0.2) is 0 Å². The minimum atomic E-state index is -0.760. The molecule has 0 aliphatic carbocycles. The van der Waals surface area contributed by atoms with Crippen molar-refractivity contribution in [1.82, 2.24) is 0 Å². The van der Waals surface area contributed by atoms with Crippen molar-refractivity contribution in [3.8, 4) is 0 Å². The van der Waals surface area contributed by atoms with E-state index in [-0.39, 0.29) is 31.1 Å². The summed E-state index contributed by atoms with van der Waals surface area (Å²) in [5.74, 6) is -0.0491. The normalized spacial score (nSPS) is 11.9. The van der Waals surface area contributed by atoms with E-state index in [4.69, 9.17) is 14.2 Å². The number of ether oxygens (including phenoxy) is 3. The van der Waals surface area contributed by atoms with Crippen LogP contribution in [-0.2, 0) is 28.6 Å². The second kappa shape index (κ2) is 46.5. The van der Waals surface area contributed by atoms with Crippen molar-refractivity contribution in [1.29, 1.82) is 0 Å². The third-order valence-corrected chi connectivity index (χ3v) is 11.8. The number of rotatable bonds is 47. The van der Waals surface area contributed by atoms with E-state index in [0.717, 1.165) is 63.7 Å². The van der Waals surface area contributed by atoms with Gasteiger partial charge >= 0.3 is 17.9 Å². The first-order valence-corrected chi connectivity index (χ1v) is 25.9. The van der Waals surface area contributed by atoms with Gasteiger partial charge in [-0.05, 0) is 25.2 Å². The lowest BCUT2D eigenvalue weighted by Crippen LogP contribution is -2.30. The number of hydrogen-bond donors (Lipinski definition) is 0. The topological polar surface area (TPSA) is 78.9 Å². The van der Waals surface area contributed by atoms with Crippen molar-refractivity contribution in [2.24, 2.45) is 5.92 Å². The van der Waals surface area contributed by atoms with E-state index in [1.54, 1.807) is 0 Å². The fraction of sp³-hybridized carbons (Fsp3) is 0.942. The molecule has 0 aliphatic rings. The third-order valence-electron chi connectivity index (χ3n) is 11.8. The van der Waals surface area contributed by atoms with E-state index in [2.05, 4.69) is 27.7 Å². The molecule has 0 spiro atoms. The van der Waals surface area contributed by atoms with E-state index in [1.165, 1.54) is 186 Å². The molecule has 0 rings (SSSR count). The van der Waals surface area contributed by atoms with Crippen LogP contribution >= 0.6 is 0 Å². The van der Waals surface area contributed by atoms with E-state index in [9.17, 15) is 14.4 Å². The van der Waals surface area contributed by atoms with E-state index < -0.39 is 6.10 Å². The smallest absolute Gasteiger partial charge is 0.306 e. The van der Waals surface area contributed by atoms with Crippen molar-refractivity contribution < 1.29 is 28.6 Å². The Bertz CT molecular complexity index is 872. The lowest BCUT2D eigenvalue weighted by atomic mass is 10.0. The molecule has 58 heavy (non-hydrogen) atoms. The maximum Gasteiger partial charge on any atom is 0.306 e. The second-order valence-corrected chi connectivity index (χ2v) is 18.3. The first-order valence-electron chi connectivity index (χ1n) is 25.9. The quantitative estimate of drug-likeness (QED) is 0.0346. The minimum Gasteiger partial charge on any atom is -0.462 e. The van der Waals surface area contributed by atoms with Gasteiger partial charge in [0.25, 0.3) is 0 Å². The molecule has 0 aliphatic heterocycles. The molecule has 0 bridgehead atoms. The average molecular weight is 821 g/mol. The highest BCUT2D eigenvalue weighted by Crippen LogP contribution is 2.17. The van der Waals surface area contributed by atoms with Gasteiger partial charge in [-0.3, -0.25) is 14.4 Å². The zero-order chi connectivity index (χ0) is 42.4. The molecule has 0 amide bonds. The summed E-state index contributed by atoms with van der Waals surface area (Å²) in [7, 11) is 0. The Morgan fingerprint density at radius 1 is 0.328 bits per heavy atom. The Kier molecular flexibility index (Phi) is 45.2. The van der Waals surface area contributed by atoms with Crippen molar-refractivity contribution in [2.75, 3.05) is 13.2 Å². The molecule has 0 heterocycles. The number of carbonyl (C=O) groups is 3. The van der Waals surface area contributed by atoms with Crippen molar-refractivity contribution in [3.63, 3.8) is 0 Å². The summed E-state index contributed by atoms with van der Waals surface area (Å²) in [5, 5.41) is 0. The first-order chi connectivity index (χ1) is 28.4. The highest BCUT2D eigenvalue weighted by molar-refractivity contribution is 5.71. The average Bonchev–Trinajstić information content (AvgIpc) is 3.21. The van der Waals surface area contributed by atoms with Crippen molar-refractivity contribution in [2.45, 2.75) is 297 Å². The molecule has 344 valence electrons. The van der Waals surface area contributed by atoms with E-state index >= 15 is 0 Å². The van der Waals surface area contributed by atoms with Gasteiger partial charge in [0.05, 0.1) is 0 Å². The molecular weight excluding hydrogens is 721 g/mol. The minimum absolute atomic E-state index is 0.0630. The molecule has 0 aromatic rings. The fourth-order valence-electron chi connectivity index (χ4n) is 7.86. The van der Waals surface area contributed by atoms with Crippen LogP contribution in [0.25, 0.3) is 0 Å². The molecule has 1 atom stereocenters. The number of hydrogen-bond acceptors (Lipinski definition) is 6. The zero-order valence-electron chi connectivity index (χ0n) is 39.5. The van der Waals surface area contributed by atoms with Crippen LogP contribution in [0.3, 0.4) is 0 Å². The largest absolute Gasteiger partial charge is 0.462 e. The SMILES string of the molecule is CCCCCCCCCCCCCCCCCC(=O)O[C@@H](COC(=O)CCCCCCCCCCCCCCCC)COC(=O)CCCCCCCCCCC(C)C. The van der Waals surface area contributed by atoms with Crippen LogP contribution in [0, 0.1) is 5.92 Å². The Morgan fingerprint density at radius 2 is 0.569 bits per heavy atom. The number of carbonyl (C=O) groups excluding carboxylic acids is 3. The maximum atomic E-state index is 12.8. The highest BCUT2D eigenvalue weighted by Gasteiger charge is 2.19. The predicted octanol–water partition coefficient (Wildman–Crippen LogP) is 16.7. The summed E-state index contributed by atoms with van der Waals surface area (Å²) >= 11 is 0. The summed E-state index contributed by atoms with van der Waals surface area (Å²) in [4.78, 5) is 37.9. The van der Waals surface area contributed by atoms with Crippen molar-refractivity contribution in [3.05, 3.63) is 0 Å². The van der Waals surface area contributed by atoms with Gasteiger partial charge in [-0.25, -0.2) is 0 Å². The molecule has 0 fully saturated rings. The van der Waals surface area contributed by atoms with Gasteiger partial charge in [0.15, 0.2) is 6.10 Å². The molecule has 6 heteroatoms. The molecular formula is C52H100O6. The molecule has 0 saturated heterocycles. The summed E-state index contributed by atoms with van der Waals surface area (Å²) in [6.07, 6.45) is 48.0. The summed E-state index contributed by atoms with van der Waals surface area (Å²) in [6.45, 7) is 9.00. The lowest BCUT2D eigenvalue weighted by Gasteiger charge is -2.18. The number of unbranched alkanes of at least 4 members (excludes halogenated alkanes) is 34. The van der Waals surface area contributed by atoms with Gasteiger partial charge in [0.2, 0.25) is 0 Å². The zero-order valence-corrected chi connectivity index (χ0v) is 39.5. The van der Waals surface area contributed by atoms with Crippen LogP contribution in [-0.4, -0.2) is 37.2 Å². The van der Waals surface area contributed by atoms with E-state index in [1.807, 2.05) is 0 Å². The lowest BCUT2D eigenvalue weighted by molar-refractivity contribution is -0.167. The van der Waals surface area contributed by atoms with Gasteiger partial charge in [0.1, 0.15) is 13.2 Å². The molecule has 0 aromatic heterocycles. The van der Waals surface area contributed by atoms with Crippen molar-refractivity contribution >= 4 is 17.9 Å². The van der Waals surface area contributed by atoms with E-state index in [0.29, 0.717) is 19.3 Å². The van der Waals surface area contributed by atoms with Crippen LogP contribution < -0.4 is 0 Å². The molecule has 0 aromatic carbocycles. The van der Waals surface area contributed by atoms with Crippen LogP contribution in [0.4, 0.5) is 0 Å². The standard InChI is InChI=1S/C52H100O6/c1-5-7-9-11-13-15-17-19-21-23-25-27-33-37-41-45-52(55)58-49(47-57-51(54)44-40-36-32-29-28-30-34-38-42-48(3)4)46-56-50(53)43-39-35-31-26-24-22-20-18-16-14-12-10-8-6-2/h48-49H,5-47H2,1-4H3/t49-/m0/s1. The predicted molar refractivity (Wildman–Crippen MR) is 247 cm³/mol. The Hall–Kier alpha value is -1.59. The highest BCUT2D eigenvalue weighted by atomic mass is 16.6. The van der Waals surface area contributed by atoms with Gasteiger partial charge in [-0.1, -0.05) is 252 Å². The molecule has 0 saturated carbocycles. The third kappa shape index (κ3) is 45.5. The van der Waals surface area contributed by atoms with Crippen LogP contribution in [0.2, 0.25) is 0 Å². The second-order valence-electron chi connectivity index (χ2n) is 18.3. The maximum absolute atomic E-state index is 12.8. The fourth-order valence-corrected chi connectivity index (χ4v) is 7.86.